The van der Waals surface area contributed by atoms with Crippen molar-refractivity contribution >= 4 is 17.2 Å². The fourth-order valence-corrected chi connectivity index (χ4v) is 2.22. The van der Waals surface area contributed by atoms with E-state index in [1.807, 2.05) is 0 Å². The number of aliphatic imine (C=N–C) groups is 1. The fraction of sp³-hybridized carbons (Fsp3) is 0.545. The first kappa shape index (κ1) is 9.71. The summed E-state index contributed by atoms with van der Waals surface area (Å²) in [5.41, 5.74) is 7.23. The van der Waals surface area contributed by atoms with Crippen molar-refractivity contribution in [1.29, 1.82) is 0 Å². The maximum absolute atomic E-state index is 5.86. The Labute approximate surface area is 88.9 Å². The molecular weight excluding hydrogens is 192 g/mol. The van der Waals surface area contributed by atoms with Gasteiger partial charge in [0.25, 0.3) is 0 Å². The van der Waals surface area contributed by atoms with Gasteiger partial charge < -0.3 is 5.73 Å². The molecule has 1 aliphatic carbocycles. The zero-order valence-electron chi connectivity index (χ0n) is 8.44. The van der Waals surface area contributed by atoms with E-state index >= 15 is 0 Å². The Morgan fingerprint density at radius 2 is 2.50 bits per heavy atom. The minimum absolute atomic E-state index is 0.324. The van der Waals surface area contributed by atoms with Crippen molar-refractivity contribution < 1.29 is 0 Å². The molecule has 76 valence electrons. The number of hydrogen-bond donors (Lipinski definition) is 1. The Morgan fingerprint density at radius 3 is 3.07 bits per heavy atom. The molecule has 0 bridgehead atoms. The zero-order valence-corrected chi connectivity index (χ0v) is 9.26. The monoisotopic (exact) mass is 208 g/mol. The molecule has 0 aromatic carbocycles. The van der Waals surface area contributed by atoms with Crippen LogP contribution in [0.4, 0.5) is 0 Å². The molecule has 2 N–H and O–H groups in total. The van der Waals surface area contributed by atoms with E-state index in [0.717, 1.165) is 12.3 Å². The average molecular weight is 208 g/mol. The van der Waals surface area contributed by atoms with Gasteiger partial charge in [-0.25, -0.2) is 0 Å². The van der Waals surface area contributed by atoms with Gasteiger partial charge in [0.15, 0.2) is 0 Å². The smallest absolute Gasteiger partial charge is 0.0971 e. The molecule has 0 amide bonds. The third-order valence-electron chi connectivity index (χ3n) is 2.48. The van der Waals surface area contributed by atoms with Gasteiger partial charge in [-0.3, -0.25) is 4.99 Å². The third kappa shape index (κ3) is 2.58. The van der Waals surface area contributed by atoms with Crippen LogP contribution in [0.25, 0.3) is 0 Å². The predicted octanol–water partition coefficient (Wildman–Crippen LogP) is 2.45. The highest BCUT2D eigenvalue weighted by Crippen LogP contribution is 2.29. The van der Waals surface area contributed by atoms with Crippen molar-refractivity contribution in [3.8, 4) is 0 Å². The van der Waals surface area contributed by atoms with E-state index in [-0.39, 0.29) is 0 Å². The van der Waals surface area contributed by atoms with E-state index < -0.39 is 0 Å². The molecule has 1 saturated carbocycles. The predicted molar refractivity (Wildman–Crippen MR) is 61.8 cm³/mol. The Kier molecular flexibility index (Phi) is 2.87. The van der Waals surface area contributed by atoms with E-state index in [1.54, 1.807) is 11.3 Å². The Hall–Kier alpha value is -0.830. The molecule has 1 fully saturated rings. The fourth-order valence-electron chi connectivity index (χ4n) is 1.53. The van der Waals surface area contributed by atoms with Gasteiger partial charge in [0, 0.05) is 5.92 Å². The molecule has 0 saturated heterocycles. The van der Waals surface area contributed by atoms with E-state index in [9.17, 15) is 0 Å². The quantitative estimate of drug-likeness (QED) is 0.599. The first-order valence-corrected chi connectivity index (χ1v) is 6.04. The van der Waals surface area contributed by atoms with E-state index in [1.165, 1.54) is 18.4 Å². The number of nitrogens with two attached hydrogens (primary N) is 1. The van der Waals surface area contributed by atoms with Gasteiger partial charge >= 0.3 is 0 Å². The van der Waals surface area contributed by atoms with Crippen molar-refractivity contribution in [3.63, 3.8) is 0 Å². The Morgan fingerprint density at radius 1 is 1.71 bits per heavy atom. The third-order valence-corrected chi connectivity index (χ3v) is 3.21. The highest BCUT2D eigenvalue weighted by molar-refractivity contribution is 7.07. The highest BCUT2D eigenvalue weighted by Gasteiger charge is 2.25. The van der Waals surface area contributed by atoms with Crippen molar-refractivity contribution in [2.45, 2.75) is 32.2 Å². The Balaban J connectivity index is 1.89. The second kappa shape index (κ2) is 4.13. The van der Waals surface area contributed by atoms with Crippen molar-refractivity contribution in [2.24, 2.45) is 16.6 Å². The van der Waals surface area contributed by atoms with Crippen LogP contribution in [0.1, 0.15) is 25.3 Å². The summed E-state index contributed by atoms with van der Waals surface area (Å²) in [5.74, 6) is 1.47. The van der Waals surface area contributed by atoms with Crippen LogP contribution in [-0.4, -0.2) is 11.9 Å². The van der Waals surface area contributed by atoms with Crippen LogP contribution in [0.5, 0.6) is 0 Å². The summed E-state index contributed by atoms with van der Waals surface area (Å²) in [6, 6.07) is 2.48. The van der Waals surface area contributed by atoms with Crippen LogP contribution in [0.15, 0.2) is 21.8 Å². The molecule has 1 aromatic rings. The topological polar surface area (TPSA) is 38.4 Å². The molecule has 1 aromatic heterocycles. The lowest BCUT2D eigenvalue weighted by Crippen LogP contribution is -2.18. The minimum atomic E-state index is 0.324. The summed E-state index contributed by atoms with van der Waals surface area (Å²) in [4.78, 5) is 4.51. The molecule has 14 heavy (non-hydrogen) atoms. The average Bonchev–Trinajstić information content (AvgIpc) is 2.87. The minimum Gasteiger partial charge on any atom is -0.387 e. The second-order valence-electron chi connectivity index (χ2n) is 4.01. The summed E-state index contributed by atoms with van der Waals surface area (Å²) < 4.78 is 0. The molecule has 1 unspecified atom stereocenters. The normalized spacial score (nSPS) is 19.6. The standard InChI is InChI=1S/C11H16N2S/c1-8(6-9-4-5-14-7-9)13-11(12)10-2-3-10/h4-5,7-8,10H,2-3,6H2,1H3,(H2,12,13). The first-order valence-electron chi connectivity index (χ1n) is 5.10. The number of nitrogens with zero attached hydrogens (tertiary/aromatic N) is 1. The van der Waals surface area contributed by atoms with Gasteiger partial charge in [-0.1, -0.05) is 0 Å². The maximum Gasteiger partial charge on any atom is 0.0971 e. The zero-order chi connectivity index (χ0) is 9.97. The van der Waals surface area contributed by atoms with Gasteiger partial charge in [0.05, 0.1) is 11.9 Å². The number of hydrogen-bond acceptors (Lipinski definition) is 2. The van der Waals surface area contributed by atoms with Crippen LogP contribution >= 0.6 is 11.3 Å². The van der Waals surface area contributed by atoms with Crippen LogP contribution in [0.3, 0.4) is 0 Å². The summed E-state index contributed by atoms with van der Waals surface area (Å²) >= 11 is 1.74. The summed E-state index contributed by atoms with van der Waals surface area (Å²) in [6.45, 7) is 2.13. The molecule has 0 spiro atoms. The van der Waals surface area contributed by atoms with Gasteiger partial charge in [0.1, 0.15) is 0 Å². The van der Waals surface area contributed by atoms with Crippen molar-refractivity contribution in [1.82, 2.24) is 0 Å². The van der Waals surface area contributed by atoms with Crippen LogP contribution < -0.4 is 5.73 Å². The van der Waals surface area contributed by atoms with E-state index in [2.05, 4.69) is 28.7 Å². The largest absolute Gasteiger partial charge is 0.387 e. The second-order valence-corrected chi connectivity index (χ2v) is 4.79. The van der Waals surface area contributed by atoms with Gasteiger partial charge in [0.2, 0.25) is 0 Å². The summed E-state index contributed by atoms with van der Waals surface area (Å²) in [7, 11) is 0. The number of thiophene rings is 1. The SMILES string of the molecule is CC(Cc1ccsc1)N=C(N)C1CC1. The van der Waals surface area contributed by atoms with Gasteiger partial charge in [-0.15, -0.1) is 0 Å². The van der Waals surface area contributed by atoms with Crippen LogP contribution in [0, 0.1) is 5.92 Å². The molecular formula is C11H16N2S. The Bertz CT molecular complexity index is 312. The highest BCUT2D eigenvalue weighted by atomic mass is 32.1. The molecule has 3 heteroatoms. The maximum atomic E-state index is 5.86. The van der Waals surface area contributed by atoms with Crippen molar-refractivity contribution in [2.75, 3.05) is 0 Å². The molecule has 1 heterocycles. The first-order chi connectivity index (χ1) is 6.75. The molecule has 2 rings (SSSR count). The molecule has 0 radical (unpaired) electrons. The number of amidine groups is 1. The van der Waals surface area contributed by atoms with E-state index in [0.29, 0.717) is 12.0 Å². The summed E-state index contributed by atoms with van der Waals surface area (Å²) in [5, 5.41) is 4.29. The molecule has 0 aliphatic heterocycles. The van der Waals surface area contributed by atoms with Crippen LogP contribution in [-0.2, 0) is 6.42 Å². The van der Waals surface area contributed by atoms with Crippen LogP contribution in [0.2, 0.25) is 0 Å². The lowest BCUT2D eigenvalue weighted by Gasteiger charge is -2.06. The van der Waals surface area contributed by atoms with Gasteiger partial charge in [-0.05, 0) is 48.6 Å². The van der Waals surface area contributed by atoms with E-state index in [4.69, 9.17) is 5.73 Å². The molecule has 1 aliphatic rings. The lowest BCUT2D eigenvalue weighted by molar-refractivity contribution is 0.735. The lowest BCUT2D eigenvalue weighted by atomic mass is 10.1. The van der Waals surface area contributed by atoms with Gasteiger partial charge in [-0.2, -0.15) is 11.3 Å². The number of rotatable bonds is 4. The summed E-state index contributed by atoms with van der Waals surface area (Å²) in [6.07, 6.45) is 3.48. The molecule has 1 atom stereocenters. The van der Waals surface area contributed by atoms with Crippen molar-refractivity contribution in [3.05, 3.63) is 22.4 Å². The molecule has 2 nitrogen and oxygen atoms in total.